The van der Waals surface area contributed by atoms with E-state index >= 15 is 0 Å². The molecule has 0 amide bonds. The predicted molar refractivity (Wildman–Crippen MR) is 130 cm³/mol. The zero-order chi connectivity index (χ0) is 23.1. The van der Waals surface area contributed by atoms with Gasteiger partial charge >= 0.3 is 5.97 Å². The fourth-order valence-electron chi connectivity index (χ4n) is 3.61. The zero-order valence-electron chi connectivity index (χ0n) is 18.9. The van der Waals surface area contributed by atoms with Crippen LogP contribution in [-0.4, -0.2) is 43.2 Å². The molecule has 1 unspecified atom stereocenters. The first-order valence-electron chi connectivity index (χ1n) is 10.7. The van der Waals surface area contributed by atoms with Gasteiger partial charge in [0.15, 0.2) is 0 Å². The van der Waals surface area contributed by atoms with Crippen molar-refractivity contribution in [1.29, 1.82) is 0 Å². The van der Waals surface area contributed by atoms with E-state index in [-0.39, 0.29) is 33.4 Å². The van der Waals surface area contributed by atoms with Crippen molar-refractivity contribution in [2.75, 3.05) is 24.7 Å². The first-order chi connectivity index (χ1) is 14.6. The molecule has 0 saturated carbocycles. The van der Waals surface area contributed by atoms with Gasteiger partial charge in [-0.2, -0.15) is 8.42 Å². The minimum absolute atomic E-state index is 0.0362. The van der Waals surface area contributed by atoms with E-state index in [1.165, 1.54) is 0 Å². The van der Waals surface area contributed by atoms with E-state index in [1.807, 2.05) is 44.3 Å². The second-order valence-electron chi connectivity index (χ2n) is 8.00. The Morgan fingerprint density at radius 1 is 1.23 bits per heavy atom. The molecule has 31 heavy (non-hydrogen) atoms. The van der Waals surface area contributed by atoms with E-state index in [0.29, 0.717) is 13.0 Å². The lowest BCUT2D eigenvalue weighted by Crippen LogP contribution is -2.34. The van der Waals surface area contributed by atoms with Crippen molar-refractivity contribution < 1.29 is 22.1 Å². The molecule has 0 radical (unpaired) electrons. The predicted octanol–water partition coefficient (Wildman–Crippen LogP) is 5.44. The van der Waals surface area contributed by atoms with E-state index < -0.39 is 10.1 Å². The summed E-state index contributed by atoms with van der Waals surface area (Å²) in [5, 5.41) is 0. The van der Waals surface area contributed by atoms with Crippen LogP contribution in [0.4, 0.5) is 0 Å². The molecule has 1 saturated heterocycles. The molecule has 0 aliphatic carbocycles. The normalized spacial score (nSPS) is 18.2. The van der Waals surface area contributed by atoms with Gasteiger partial charge in [0.1, 0.15) is 0 Å². The number of aryl methyl sites for hydroxylation is 1. The van der Waals surface area contributed by atoms with Crippen LogP contribution in [-0.2, 0) is 23.8 Å². The molecule has 1 aliphatic heterocycles. The Labute approximate surface area is 195 Å². The Kier molecular flexibility index (Phi) is 9.98. The number of ether oxygens (including phenoxy) is 1. The number of rotatable bonds is 11. The summed E-state index contributed by atoms with van der Waals surface area (Å²) in [6, 6.07) is 6.67. The maximum Gasteiger partial charge on any atom is 0.309 e. The summed E-state index contributed by atoms with van der Waals surface area (Å²) in [6.07, 6.45) is 2.42. The van der Waals surface area contributed by atoms with Gasteiger partial charge in [-0.15, -0.1) is 23.5 Å². The Morgan fingerprint density at radius 3 is 2.39 bits per heavy atom. The second-order valence-corrected chi connectivity index (χ2v) is 12.8. The third-order valence-corrected chi connectivity index (χ3v) is 10.3. The lowest BCUT2D eigenvalue weighted by molar-refractivity contribution is -0.148. The van der Waals surface area contributed by atoms with Gasteiger partial charge in [-0.25, -0.2) is 0 Å². The quantitative estimate of drug-likeness (QED) is 0.234. The van der Waals surface area contributed by atoms with Crippen LogP contribution in [0.15, 0.2) is 41.3 Å². The van der Waals surface area contributed by atoms with Crippen LogP contribution < -0.4 is 0 Å². The van der Waals surface area contributed by atoms with E-state index in [2.05, 4.69) is 6.58 Å². The molecule has 1 aromatic rings. The number of thioether (sulfide) groups is 2. The molecule has 2 atom stereocenters. The van der Waals surface area contributed by atoms with Gasteiger partial charge in [0, 0.05) is 0 Å². The van der Waals surface area contributed by atoms with Crippen molar-refractivity contribution in [3.05, 3.63) is 42.0 Å². The third-order valence-electron chi connectivity index (χ3n) is 5.48. The minimum atomic E-state index is -3.80. The molecule has 0 bridgehead atoms. The third kappa shape index (κ3) is 7.55. The lowest BCUT2D eigenvalue weighted by atomic mass is 9.84. The molecule has 8 heteroatoms. The van der Waals surface area contributed by atoms with Crippen LogP contribution in [0.25, 0.3) is 0 Å². The Morgan fingerprint density at radius 2 is 1.84 bits per heavy atom. The second kappa shape index (κ2) is 11.8. The first kappa shape index (κ1) is 26.3. The first-order valence-corrected chi connectivity index (χ1v) is 14.0. The monoisotopic (exact) mass is 486 g/mol. The van der Waals surface area contributed by atoms with Gasteiger partial charge in [-0.05, 0) is 69.6 Å². The van der Waals surface area contributed by atoms with E-state index in [0.717, 1.165) is 35.5 Å². The maximum atomic E-state index is 12.6. The molecular weight excluding hydrogens is 452 g/mol. The van der Waals surface area contributed by atoms with Gasteiger partial charge < -0.3 is 4.74 Å². The van der Waals surface area contributed by atoms with Crippen molar-refractivity contribution in [1.82, 2.24) is 0 Å². The van der Waals surface area contributed by atoms with Gasteiger partial charge in [0.05, 0.1) is 28.1 Å². The molecule has 1 fully saturated rings. The summed E-state index contributed by atoms with van der Waals surface area (Å²) in [7, 11) is -3.80. The van der Waals surface area contributed by atoms with E-state index in [4.69, 9.17) is 8.92 Å². The van der Waals surface area contributed by atoms with Crippen LogP contribution in [0.3, 0.4) is 0 Å². The molecule has 5 nitrogen and oxygen atoms in total. The standard InChI is InChI=1S/C23H34O5S3/c1-6-27-22(24)19(5)21(17(2)3)16-23(29-14-7-15-30-23)12-13-28-31(25,26)20-10-8-18(4)9-11-20/h8-11,19,21H,2,6-7,12-16H2,1,3-5H3/t19?,21-/m1/s1. The van der Waals surface area contributed by atoms with Gasteiger partial charge in [-0.3, -0.25) is 8.98 Å². The van der Waals surface area contributed by atoms with Crippen molar-refractivity contribution >= 4 is 39.6 Å². The van der Waals surface area contributed by atoms with Gasteiger partial charge in [0.2, 0.25) is 0 Å². The number of carbonyl (C=O) groups excluding carboxylic acids is 1. The van der Waals surface area contributed by atoms with E-state index in [1.54, 1.807) is 31.2 Å². The molecule has 174 valence electrons. The molecule has 0 aromatic heterocycles. The van der Waals surface area contributed by atoms with Crippen LogP contribution in [0.1, 0.15) is 45.6 Å². The molecule has 1 aliphatic rings. The fourth-order valence-corrected chi connectivity index (χ4v) is 7.91. The van der Waals surface area contributed by atoms with Crippen LogP contribution in [0.5, 0.6) is 0 Å². The summed E-state index contributed by atoms with van der Waals surface area (Å²) in [4.78, 5) is 12.6. The molecule has 0 N–H and O–H groups in total. The van der Waals surface area contributed by atoms with Gasteiger partial charge in [-0.1, -0.05) is 36.8 Å². The van der Waals surface area contributed by atoms with Crippen molar-refractivity contribution in [3.8, 4) is 0 Å². The van der Waals surface area contributed by atoms with E-state index in [9.17, 15) is 13.2 Å². The number of hydrogen-bond donors (Lipinski definition) is 0. The highest BCUT2D eigenvalue weighted by atomic mass is 32.2. The summed E-state index contributed by atoms with van der Waals surface area (Å²) in [5.41, 5.74) is 1.94. The SMILES string of the molecule is C=C(C)[C@@H](CC1(CCOS(=O)(=O)c2ccc(C)cc2)SCCCS1)C(C)C(=O)OCC. The van der Waals surface area contributed by atoms with Crippen molar-refractivity contribution in [2.24, 2.45) is 11.8 Å². The fraction of sp³-hybridized carbons (Fsp3) is 0.609. The highest BCUT2D eigenvalue weighted by Crippen LogP contribution is 2.50. The summed E-state index contributed by atoms with van der Waals surface area (Å²) in [6.45, 7) is 12.1. The molecular formula is C23H34O5S3. The van der Waals surface area contributed by atoms with Crippen LogP contribution in [0.2, 0.25) is 0 Å². The molecule has 1 heterocycles. The average molecular weight is 487 g/mol. The number of benzene rings is 1. The van der Waals surface area contributed by atoms with Crippen molar-refractivity contribution in [2.45, 2.75) is 55.9 Å². The van der Waals surface area contributed by atoms with Crippen molar-refractivity contribution in [3.63, 3.8) is 0 Å². The lowest BCUT2D eigenvalue weighted by Gasteiger charge is -2.40. The maximum absolute atomic E-state index is 12.6. The van der Waals surface area contributed by atoms with Crippen LogP contribution in [0, 0.1) is 18.8 Å². The molecule has 1 aromatic carbocycles. The summed E-state index contributed by atoms with van der Waals surface area (Å²) in [5.74, 6) is 1.47. The van der Waals surface area contributed by atoms with Crippen LogP contribution >= 0.6 is 23.5 Å². The van der Waals surface area contributed by atoms with Gasteiger partial charge in [0.25, 0.3) is 10.1 Å². The largest absolute Gasteiger partial charge is 0.466 e. The Hall–Kier alpha value is -0.960. The summed E-state index contributed by atoms with van der Waals surface area (Å²) >= 11 is 3.68. The smallest absolute Gasteiger partial charge is 0.309 e. The Balaban J connectivity index is 2.11. The summed E-state index contributed by atoms with van der Waals surface area (Å²) < 4.78 is 35.6. The minimum Gasteiger partial charge on any atom is -0.466 e. The Bertz CT molecular complexity index is 842. The molecule has 0 spiro atoms. The molecule has 2 rings (SSSR count). The zero-order valence-corrected chi connectivity index (χ0v) is 21.3. The number of hydrogen-bond acceptors (Lipinski definition) is 7. The topological polar surface area (TPSA) is 69.7 Å². The number of esters is 1. The average Bonchev–Trinajstić information content (AvgIpc) is 2.72. The number of carbonyl (C=O) groups is 1. The highest BCUT2D eigenvalue weighted by Gasteiger charge is 2.39. The number of allylic oxidation sites excluding steroid dienone is 1. The highest BCUT2D eigenvalue weighted by molar-refractivity contribution is 8.18.